The first-order valence-corrected chi connectivity index (χ1v) is 13.6. The number of aliphatic hydroxyl groups is 1. The first-order valence-electron chi connectivity index (χ1n) is 11.7. The molecule has 0 heterocycles. The van der Waals surface area contributed by atoms with Crippen LogP contribution < -0.4 is 15.4 Å². The van der Waals surface area contributed by atoms with Gasteiger partial charge in [-0.1, -0.05) is 30.3 Å². The van der Waals surface area contributed by atoms with Crippen LogP contribution in [0.15, 0.2) is 66.7 Å². The Labute approximate surface area is 217 Å². The summed E-state index contributed by atoms with van der Waals surface area (Å²) < 4.78 is 25.3. The Morgan fingerprint density at radius 3 is 2.32 bits per heavy atom. The second kappa shape index (κ2) is 11.6. The Morgan fingerprint density at radius 2 is 1.65 bits per heavy atom. The van der Waals surface area contributed by atoms with Gasteiger partial charge >= 0.3 is 0 Å². The summed E-state index contributed by atoms with van der Waals surface area (Å²) in [5.74, 6) is -0.357. The van der Waals surface area contributed by atoms with Gasteiger partial charge in [-0.3, -0.25) is 9.52 Å². The van der Waals surface area contributed by atoms with Crippen molar-refractivity contribution < 1.29 is 28.5 Å². The van der Waals surface area contributed by atoms with Crippen LogP contribution in [0.1, 0.15) is 47.0 Å². The van der Waals surface area contributed by atoms with Crippen molar-refractivity contribution in [3.8, 4) is 11.5 Å². The second-order valence-electron chi connectivity index (χ2n) is 9.66. The lowest BCUT2D eigenvalue weighted by atomic mass is 9.93. The molecule has 0 saturated heterocycles. The molecule has 0 aliphatic carbocycles. The maximum absolute atomic E-state index is 12.3. The summed E-state index contributed by atoms with van der Waals surface area (Å²) in [6.45, 7) is 4.57. The van der Waals surface area contributed by atoms with Crippen molar-refractivity contribution in [3.63, 3.8) is 0 Å². The fraction of sp³-hybridized carbons (Fsp3) is 0.296. The summed E-state index contributed by atoms with van der Waals surface area (Å²) in [5.41, 5.74) is 2.53. The maximum Gasteiger partial charge on any atom is 0.251 e. The summed E-state index contributed by atoms with van der Waals surface area (Å²) in [5, 5.41) is 36.2. The summed E-state index contributed by atoms with van der Waals surface area (Å²) in [6.07, 6.45) is 0.704. The van der Waals surface area contributed by atoms with Gasteiger partial charge in [-0.15, -0.1) is 0 Å². The largest absolute Gasteiger partial charge is 0.508 e. The first kappa shape index (κ1) is 28.0. The van der Waals surface area contributed by atoms with E-state index >= 15 is 0 Å². The van der Waals surface area contributed by atoms with E-state index in [1.807, 2.05) is 38.1 Å². The molecule has 3 aromatic carbocycles. The average Bonchev–Trinajstić information content (AvgIpc) is 2.82. The SMILES string of the molecule is CC(C)(Cc1cccc(CNC(=O)c2ccc(O)cc2)c1)NC[C@@H](O)c1ccc(O)c(NS(C)(=O)=O)c1. The summed E-state index contributed by atoms with van der Waals surface area (Å²) in [7, 11) is -3.58. The minimum absolute atomic E-state index is 0.00706. The number of carbonyl (C=O) groups is 1. The maximum atomic E-state index is 12.3. The number of phenols is 2. The van der Waals surface area contributed by atoms with Crippen LogP contribution >= 0.6 is 0 Å². The molecule has 37 heavy (non-hydrogen) atoms. The zero-order valence-electron chi connectivity index (χ0n) is 21.0. The third-order valence-corrected chi connectivity index (χ3v) is 6.29. The number of anilines is 1. The van der Waals surface area contributed by atoms with Gasteiger partial charge in [0.2, 0.25) is 10.0 Å². The fourth-order valence-corrected chi connectivity index (χ4v) is 4.42. The van der Waals surface area contributed by atoms with Gasteiger partial charge in [-0.05, 0) is 73.4 Å². The molecule has 0 aromatic heterocycles. The lowest BCUT2D eigenvalue weighted by molar-refractivity contribution is 0.0951. The molecule has 0 aliphatic rings. The smallest absolute Gasteiger partial charge is 0.251 e. The number of amides is 1. The summed E-state index contributed by atoms with van der Waals surface area (Å²) in [4.78, 5) is 12.3. The fourth-order valence-electron chi connectivity index (χ4n) is 3.85. The molecule has 0 bridgehead atoms. The van der Waals surface area contributed by atoms with Gasteiger partial charge < -0.3 is 26.0 Å². The summed E-state index contributed by atoms with van der Waals surface area (Å²) in [6, 6.07) is 18.2. The number of β-amino-alcohol motifs (C(OH)–C–C–N with tert-alkyl or cyclic N) is 1. The van der Waals surface area contributed by atoms with E-state index in [2.05, 4.69) is 15.4 Å². The third-order valence-electron chi connectivity index (χ3n) is 5.69. The molecule has 198 valence electrons. The van der Waals surface area contributed by atoms with Crippen molar-refractivity contribution in [3.05, 3.63) is 89.0 Å². The molecule has 6 N–H and O–H groups in total. The van der Waals surface area contributed by atoms with Crippen molar-refractivity contribution in [2.24, 2.45) is 0 Å². The first-order chi connectivity index (χ1) is 17.3. The molecule has 0 spiro atoms. The highest BCUT2D eigenvalue weighted by Crippen LogP contribution is 2.28. The predicted molar refractivity (Wildman–Crippen MR) is 143 cm³/mol. The number of carbonyl (C=O) groups excluding carboxylic acids is 1. The zero-order chi connectivity index (χ0) is 27.2. The van der Waals surface area contributed by atoms with E-state index in [0.717, 1.165) is 17.4 Å². The van der Waals surface area contributed by atoms with Crippen molar-refractivity contribution >= 4 is 21.6 Å². The van der Waals surface area contributed by atoms with E-state index in [1.54, 1.807) is 12.1 Å². The van der Waals surface area contributed by atoms with Crippen molar-refractivity contribution in [2.75, 3.05) is 17.5 Å². The number of sulfonamides is 1. The van der Waals surface area contributed by atoms with Crippen LogP contribution in [0.4, 0.5) is 5.69 Å². The summed E-state index contributed by atoms with van der Waals surface area (Å²) >= 11 is 0. The van der Waals surface area contributed by atoms with Gasteiger partial charge in [-0.25, -0.2) is 8.42 Å². The van der Waals surface area contributed by atoms with Crippen molar-refractivity contribution in [2.45, 2.75) is 38.5 Å². The number of benzene rings is 3. The number of hydrogen-bond acceptors (Lipinski definition) is 7. The van der Waals surface area contributed by atoms with Gasteiger partial charge in [0.1, 0.15) is 11.5 Å². The van der Waals surface area contributed by atoms with E-state index in [4.69, 9.17) is 0 Å². The molecule has 0 aliphatic heterocycles. The van der Waals surface area contributed by atoms with Crippen molar-refractivity contribution in [1.29, 1.82) is 0 Å². The van der Waals surface area contributed by atoms with Crippen LogP contribution in [0.3, 0.4) is 0 Å². The molecule has 10 heteroatoms. The highest BCUT2D eigenvalue weighted by Gasteiger charge is 2.21. The van der Waals surface area contributed by atoms with Gasteiger partial charge in [0.25, 0.3) is 5.91 Å². The lowest BCUT2D eigenvalue weighted by Gasteiger charge is -2.28. The van der Waals surface area contributed by atoms with E-state index in [1.165, 1.54) is 30.3 Å². The number of hydrogen-bond donors (Lipinski definition) is 6. The minimum atomic E-state index is -3.58. The van der Waals surface area contributed by atoms with Crippen molar-refractivity contribution in [1.82, 2.24) is 10.6 Å². The molecule has 9 nitrogen and oxygen atoms in total. The number of nitrogens with one attached hydrogen (secondary N) is 3. The standard InChI is InChI=1S/C27H33N3O6S/c1-27(2,29-17-25(33)21-9-12-24(32)23(14-21)30-37(3,35)36)15-18-5-4-6-19(13-18)16-28-26(34)20-7-10-22(31)11-8-20/h4-14,25,29-33H,15-17H2,1-3H3,(H,28,34)/t25-/m1/s1. The monoisotopic (exact) mass is 527 g/mol. The number of rotatable bonds is 11. The van der Waals surface area contributed by atoms with E-state index in [-0.39, 0.29) is 35.2 Å². The van der Waals surface area contributed by atoms with Crippen LogP contribution in [0.5, 0.6) is 11.5 Å². The van der Waals surface area contributed by atoms with Gasteiger partial charge in [0.15, 0.2) is 0 Å². The Kier molecular flexibility index (Phi) is 8.80. The highest BCUT2D eigenvalue weighted by atomic mass is 32.2. The van der Waals surface area contributed by atoms with Crippen LogP contribution in [0, 0.1) is 0 Å². The Bertz CT molecular complexity index is 1340. The molecule has 1 atom stereocenters. The molecule has 3 aromatic rings. The quantitative estimate of drug-likeness (QED) is 0.210. The molecular weight excluding hydrogens is 494 g/mol. The Balaban J connectivity index is 1.57. The second-order valence-corrected chi connectivity index (χ2v) is 11.4. The third kappa shape index (κ3) is 8.78. The lowest BCUT2D eigenvalue weighted by Crippen LogP contribution is -2.43. The van der Waals surface area contributed by atoms with Crippen LogP contribution in [0.25, 0.3) is 0 Å². The van der Waals surface area contributed by atoms with E-state index in [0.29, 0.717) is 24.1 Å². The predicted octanol–water partition coefficient (Wildman–Crippen LogP) is 3.04. The van der Waals surface area contributed by atoms with Crippen LogP contribution in [-0.2, 0) is 23.0 Å². The molecule has 0 unspecified atom stereocenters. The Hall–Kier alpha value is -3.60. The topological polar surface area (TPSA) is 148 Å². The molecule has 1 amide bonds. The molecule has 0 fully saturated rings. The minimum Gasteiger partial charge on any atom is -0.508 e. The zero-order valence-corrected chi connectivity index (χ0v) is 21.8. The van der Waals surface area contributed by atoms with Crippen LogP contribution in [-0.4, -0.2) is 48.0 Å². The number of aliphatic hydroxyl groups excluding tert-OH is 1. The van der Waals surface area contributed by atoms with Gasteiger partial charge in [0, 0.05) is 24.2 Å². The number of aromatic hydroxyl groups is 2. The van der Waals surface area contributed by atoms with Gasteiger partial charge in [-0.2, -0.15) is 0 Å². The number of phenolic OH excluding ortho intramolecular Hbond substituents is 2. The molecule has 0 saturated carbocycles. The molecule has 3 rings (SSSR count). The van der Waals surface area contributed by atoms with Crippen LogP contribution in [0.2, 0.25) is 0 Å². The average molecular weight is 528 g/mol. The van der Waals surface area contributed by atoms with Gasteiger partial charge in [0.05, 0.1) is 18.0 Å². The molecule has 0 radical (unpaired) electrons. The molecular formula is C27H33N3O6S. The normalized spacial score (nSPS) is 12.6. The highest BCUT2D eigenvalue weighted by molar-refractivity contribution is 7.92. The Morgan fingerprint density at radius 1 is 0.973 bits per heavy atom. The van der Waals surface area contributed by atoms with E-state index in [9.17, 15) is 28.5 Å². The van der Waals surface area contributed by atoms with E-state index < -0.39 is 16.1 Å².